The first-order valence-electron chi connectivity index (χ1n) is 5.95. The lowest BCUT2D eigenvalue weighted by atomic mass is 9.56. The molecule has 0 aliphatic heterocycles. The lowest BCUT2D eigenvalue weighted by Gasteiger charge is -2.45. The van der Waals surface area contributed by atoms with Crippen molar-refractivity contribution >= 4 is 11.9 Å². The van der Waals surface area contributed by atoms with E-state index in [1.54, 1.807) is 0 Å². The van der Waals surface area contributed by atoms with Crippen LogP contribution in [-0.2, 0) is 9.59 Å². The number of alkyl halides is 3. The smallest absolute Gasteiger partial charge is 0.392 e. The van der Waals surface area contributed by atoms with E-state index in [1.165, 1.54) is 13.8 Å². The van der Waals surface area contributed by atoms with E-state index >= 15 is 0 Å². The number of carboxylic acids is 2. The Morgan fingerprint density at radius 2 is 1.42 bits per heavy atom. The summed E-state index contributed by atoms with van der Waals surface area (Å²) in [7, 11) is 0. The first-order valence-corrected chi connectivity index (χ1v) is 5.95. The van der Waals surface area contributed by atoms with Gasteiger partial charge in [0, 0.05) is 0 Å². The van der Waals surface area contributed by atoms with Crippen molar-refractivity contribution in [2.24, 2.45) is 16.7 Å². The predicted octanol–water partition coefficient (Wildman–Crippen LogP) is 3.17. The van der Waals surface area contributed by atoms with Crippen molar-refractivity contribution in [3.05, 3.63) is 0 Å². The van der Waals surface area contributed by atoms with Crippen molar-refractivity contribution in [1.82, 2.24) is 0 Å². The number of hydrogen-bond acceptors (Lipinski definition) is 2. The highest BCUT2D eigenvalue weighted by Gasteiger charge is 2.64. The molecule has 0 amide bonds. The highest BCUT2D eigenvalue weighted by molar-refractivity contribution is 5.86. The van der Waals surface area contributed by atoms with Crippen LogP contribution < -0.4 is 0 Å². The third-order valence-corrected chi connectivity index (χ3v) is 4.41. The van der Waals surface area contributed by atoms with Gasteiger partial charge in [0.1, 0.15) is 0 Å². The van der Waals surface area contributed by atoms with Crippen LogP contribution in [0.1, 0.15) is 40.5 Å². The molecule has 2 atom stereocenters. The first-order chi connectivity index (χ1) is 8.41. The summed E-state index contributed by atoms with van der Waals surface area (Å²) >= 11 is 0. The second-order valence-corrected chi connectivity index (χ2v) is 4.87. The highest BCUT2D eigenvalue weighted by Crippen LogP contribution is 2.54. The van der Waals surface area contributed by atoms with E-state index in [0.29, 0.717) is 0 Å². The van der Waals surface area contributed by atoms with Gasteiger partial charge in [-0.3, -0.25) is 9.59 Å². The summed E-state index contributed by atoms with van der Waals surface area (Å²) in [4.78, 5) is 22.9. The van der Waals surface area contributed by atoms with Crippen LogP contribution in [0.4, 0.5) is 13.2 Å². The molecule has 0 aliphatic rings. The van der Waals surface area contributed by atoms with E-state index in [-0.39, 0.29) is 12.8 Å². The quantitative estimate of drug-likeness (QED) is 0.785. The summed E-state index contributed by atoms with van der Waals surface area (Å²) in [5.74, 6) is -5.53. The molecule has 0 aromatic rings. The van der Waals surface area contributed by atoms with Crippen LogP contribution in [0.2, 0.25) is 0 Å². The molecule has 2 N–H and O–H groups in total. The third kappa shape index (κ3) is 2.55. The fourth-order valence-electron chi connectivity index (χ4n) is 2.64. The lowest BCUT2D eigenvalue weighted by molar-refractivity contribution is -0.231. The molecule has 0 spiro atoms. The number of hydrogen-bond donors (Lipinski definition) is 2. The van der Waals surface area contributed by atoms with Gasteiger partial charge >= 0.3 is 18.1 Å². The van der Waals surface area contributed by atoms with E-state index in [4.69, 9.17) is 0 Å². The Labute approximate surface area is 109 Å². The molecule has 0 saturated carbocycles. The minimum Gasteiger partial charge on any atom is -0.481 e. The van der Waals surface area contributed by atoms with Crippen molar-refractivity contribution in [2.45, 2.75) is 46.7 Å². The van der Waals surface area contributed by atoms with Crippen LogP contribution in [0.25, 0.3) is 0 Å². The van der Waals surface area contributed by atoms with Gasteiger partial charge in [0.15, 0.2) is 0 Å². The maximum atomic E-state index is 12.9. The zero-order valence-electron chi connectivity index (χ0n) is 11.3. The van der Waals surface area contributed by atoms with E-state index in [0.717, 1.165) is 13.8 Å². The van der Waals surface area contributed by atoms with Crippen molar-refractivity contribution in [3.63, 3.8) is 0 Å². The molecule has 19 heavy (non-hydrogen) atoms. The van der Waals surface area contributed by atoms with Crippen molar-refractivity contribution in [2.75, 3.05) is 0 Å². The second kappa shape index (κ2) is 5.38. The minimum atomic E-state index is -4.78. The van der Waals surface area contributed by atoms with Gasteiger partial charge in [-0.05, 0) is 19.8 Å². The lowest BCUT2D eigenvalue weighted by Crippen LogP contribution is -2.57. The molecule has 2 unspecified atom stereocenters. The van der Waals surface area contributed by atoms with Gasteiger partial charge in [-0.2, -0.15) is 13.2 Å². The Morgan fingerprint density at radius 3 is 1.58 bits per heavy atom. The molecule has 0 rings (SSSR count). The number of carbonyl (C=O) groups is 2. The average Bonchev–Trinajstić information content (AvgIpc) is 2.27. The van der Waals surface area contributed by atoms with Crippen molar-refractivity contribution < 1.29 is 33.0 Å². The highest BCUT2D eigenvalue weighted by atomic mass is 19.4. The SMILES string of the molecule is CCC(CC)(C(=O)O)C(C)(C(=O)O)C(C)C(F)(F)F. The van der Waals surface area contributed by atoms with Crippen molar-refractivity contribution in [3.8, 4) is 0 Å². The fourth-order valence-corrected chi connectivity index (χ4v) is 2.64. The van der Waals surface area contributed by atoms with E-state index in [9.17, 15) is 33.0 Å². The standard InChI is InChI=1S/C12H19F3O4/c1-5-11(6-2,9(18)19)10(4,8(16)17)7(3)12(13,14)15/h7H,5-6H2,1-4H3,(H,16,17)(H,18,19). The maximum Gasteiger partial charge on any atom is 0.392 e. The molecule has 4 nitrogen and oxygen atoms in total. The second-order valence-electron chi connectivity index (χ2n) is 4.87. The fraction of sp³-hybridized carbons (Fsp3) is 0.833. The van der Waals surface area contributed by atoms with E-state index in [2.05, 4.69) is 0 Å². The van der Waals surface area contributed by atoms with Gasteiger partial charge in [0.2, 0.25) is 0 Å². The Hall–Kier alpha value is -1.27. The molecule has 0 bridgehead atoms. The molecule has 0 aromatic carbocycles. The van der Waals surface area contributed by atoms with Crippen LogP contribution >= 0.6 is 0 Å². The Bertz CT molecular complexity index is 360. The first kappa shape index (κ1) is 17.7. The summed E-state index contributed by atoms with van der Waals surface area (Å²) in [5, 5.41) is 18.5. The summed E-state index contributed by atoms with van der Waals surface area (Å²) < 4.78 is 38.7. The van der Waals surface area contributed by atoms with Gasteiger partial charge in [0.25, 0.3) is 0 Å². The maximum absolute atomic E-state index is 12.9. The zero-order valence-corrected chi connectivity index (χ0v) is 11.3. The van der Waals surface area contributed by atoms with Gasteiger partial charge < -0.3 is 10.2 Å². The molecular weight excluding hydrogens is 265 g/mol. The average molecular weight is 284 g/mol. The van der Waals surface area contributed by atoms with Crippen LogP contribution in [0, 0.1) is 16.7 Å². The molecule has 7 heteroatoms. The minimum absolute atomic E-state index is 0.192. The molecule has 0 radical (unpaired) electrons. The molecule has 0 aliphatic carbocycles. The zero-order chi connectivity index (χ0) is 15.6. The normalized spacial score (nSPS) is 17.6. The Balaban J connectivity index is 6.17. The molecule has 112 valence electrons. The summed E-state index contributed by atoms with van der Waals surface area (Å²) in [6, 6.07) is 0. The summed E-state index contributed by atoms with van der Waals surface area (Å²) in [6.45, 7) is 4.37. The van der Waals surface area contributed by atoms with Gasteiger partial charge in [-0.25, -0.2) is 0 Å². The molecule has 0 saturated heterocycles. The van der Waals surface area contributed by atoms with Crippen molar-refractivity contribution in [1.29, 1.82) is 0 Å². The molecular formula is C12H19F3O4. The Kier molecular flexibility index (Phi) is 5.02. The molecule has 0 heterocycles. The van der Waals surface area contributed by atoms with Gasteiger partial charge in [-0.15, -0.1) is 0 Å². The van der Waals surface area contributed by atoms with Crippen LogP contribution in [0.5, 0.6) is 0 Å². The van der Waals surface area contributed by atoms with Gasteiger partial charge in [-0.1, -0.05) is 20.8 Å². The van der Waals surface area contributed by atoms with Crippen LogP contribution in [0.15, 0.2) is 0 Å². The number of halogens is 3. The number of carboxylic acid groups (broad SMARTS) is 2. The Morgan fingerprint density at radius 1 is 1.05 bits per heavy atom. The summed E-state index contributed by atoms with van der Waals surface area (Å²) in [5.41, 5.74) is -4.39. The third-order valence-electron chi connectivity index (χ3n) is 4.41. The molecule has 0 aromatic heterocycles. The number of aliphatic carboxylic acids is 2. The number of rotatable bonds is 6. The van der Waals surface area contributed by atoms with Gasteiger partial charge in [0.05, 0.1) is 16.7 Å². The molecule has 0 fully saturated rings. The van der Waals surface area contributed by atoms with Crippen LogP contribution in [0.3, 0.4) is 0 Å². The monoisotopic (exact) mass is 284 g/mol. The predicted molar refractivity (Wildman–Crippen MR) is 61.6 cm³/mol. The van der Waals surface area contributed by atoms with E-state index < -0.39 is 34.9 Å². The topological polar surface area (TPSA) is 74.6 Å². The van der Waals surface area contributed by atoms with E-state index in [1.807, 2.05) is 0 Å². The summed E-state index contributed by atoms with van der Waals surface area (Å²) in [6.07, 6.45) is -5.16. The largest absolute Gasteiger partial charge is 0.481 e. The van der Waals surface area contributed by atoms with Crippen LogP contribution in [-0.4, -0.2) is 28.3 Å².